The molecule has 7 nitrogen and oxygen atoms in total. The molecular weight excluding hydrogens is 592 g/mol. The summed E-state index contributed by atoms with van der Waals surface area (Å²) in [6.07, 6.45) is 2.32. The van der Waals surface area contributed by atoms with E-state index >= 15 is 0 Å². The molecule has 1 N–H and O–H groups in total. The Labute approximate surface area is 255 Å². The molecule has 220 valence electrons. The quantitative estimate of drug-likeness (QED) is 0.0846. The van der Waals surface area contributed by atoms with Gasteiger partial charge in [-0.25, -0.2) is 4.79 Å². The summed E-state index contributed by atoms with van der Waals surface area (Å²) >= 11 is 3.68. The lowest BCUT2D eigenvalue weighted by Gasteiger charge is -2.14. The van der Waals surface area contributed by atoms with Crippen LogP contribution in [0.5, 0.6) is 5.75 Å². The van der Waals surface area contributed by atoms with Gasteiger partial charge in [0.2, 0.25) is 0 Å². The van der Waals surface area contributed by atoms with Crippen LogP contribution in [0.4, 0.5) is 0 Å². The van der Waals surface area contributed by atoms with E-state index in [9.17, 15) is 4.79 Å². The molecule has 0 bridgehead atoms. The Balaban J connectivity index is 1.57. The molecule has 0 aliphatic rings. The maximum atomic E-state index is 13.6. The topological polar surface area (TPSA) is 70.3 Å². The van der Waals surface area contributed by atoms with Crippen LogP contribution >= 0.6 is 15.9 Å². The maximum Gasteiger partial charge on any atom is 0.355 e. The first-order valence-corrected chi connectivity index (χ1v) is 15.8. The zero-order chi connectivity index (χ0) is 29.6. The van der Waals surface area contributed by atoms with Gasteiger partial charge in [0.25, 0.3) is 0 Å². The number of carbonyl (C=O) groups excluding carboxylic acids is 1. The minimum Gasteiger partial charge on any atom is -0.493 e. The number of para-hydroxylation sites is 1. The van der Waals surface area contributed by atoms with Crippen LogP contribution in [0.15, 0.2) is 60.7 Å². The molecule has 0 aliphatic carbocycles. The lowest BCUT2D eigenvalue weighted by atomic mass is 9.98. The van der Waals surface area contributed by atoms with Crippen molar-refractivity contribution < 1.29 is 14.3 Å². The zero-order valence-corrected chi connectivity index (χ0v) is 26.5. The van der Waals surface area contributed by atoms with Crippen molar-refractivity contribution in [2.45, 2.75) is 45.0 Å². The van der Waals surface area contributed by atoms with Crippen molar-refractivity contribution in [3.8, 4) is 16.9 Å². The largest absolute Gasteiger partial charge is 0.493 e. The van der Waals surface area contributed by atoms with E-state index < -0.39 is 0 Å². The van der Waals surface area contributed by atoms with E-state index in [-0.39, 0.29) is 5.97 Å². The van der Waals surface area contributed by atoms with Crippen molar-refractivity contribution in [3.63, 3.8) is 0 Å². The van der Waals surface area contributed by atoms with E-state index in [1.54, 1.807) is 0 Å². The van der Waals surface area contributed by atoms with Gasteiger partial charge >= 0.3 is 5.97 Å². The predicted octanol–water partition coefficient (Wildman–Crippen LogP) is 7.20. The van der Waals surface area contributed by atoms with Gasteiger partial charge < -0.3 is 19.4 Å². The third kappa shape index (κ3) is 5.83. The van der Waals surface area contributed by atoms with E-state index in [0.717, 1.165) is 74.9 Å². The van der Waals surface area contributed by atoms with Crippen LogP contribution in [0.1, 0.15) is 47.2 Å². The Morgan fingerprint density at radius 2 is 1.79 bits per heavy atom. The highest BCUT2D eigenvalue weighted by Crippen LogP contribution is 2.39. The van der Waals surface area contributed by atoms with Crippen LogP contribution in [0.3, 0.4) is 0 Å². The molecule has 0 fully saturated rings. The molecule has 8 heteroatoms. The molecule has 0 aliphatic heterocycles. The molecule has 0 atom stereocenters. The van der Waals surface area contributed by atoms with E-state index in [0.29, 0.717) is 37.2 Å². The predicted molar refractivity (Wildman–Crippen MR) is 174 cm³/mol. The number of halogens is 1. The smallest absolute Gasteiger partial charge is 0.355 e. The van der Waals surface area contributed by atoms with E-state index in [2.05, 4.69) is 62.2 Å². The summed E-state index contributed by atoms with van der Waals surface area (Å²) in [5.41, 5.74) is 6.96. The number of alkyl halides is 1. The average molecular weight is 632 g/mol. The van der Waals surface area contributed by atoms with Gasteiger partial charge in [0, 0.05) is 40.8 Å². The molecule has 42 heavy (non-hydrogen) atoms. The lowest BCUT2D eigenvalue weighted by molar-refractivity contribution is 0.0512. The Morgan fingerprint density at radius 1 is 1.02 bits per heavy atom. The molecule has 5 rings (SSSR count). The minimum absolute atomic E-state index is 0.280. The number of aromatic nitrogens is 3. The lowest BCUT2D eigenvalue weighted by Crippen LogP contribution is -2.17. The van der Waals surface area contributed by atoms with Crippen molar-refractivity contribution in [2.75, 3.05) is 26.8 Å². The molecule has 0 radical (unpaired) electrons. The number of esters is 1. The number of nitrogens with zero attached hydrogens (tertiary/aromatic N) is 3. The Morgan fingerprint density at radius 3 is 2.57 bits per heavy atom. The van der Waals surface area contributed by atoms with Crippen LogP contribution in [-0.4, -0.2) is 47.1 Å². The molecule has 0 spiro atoms. The number of carbonyl (C=O) groups is 1. The SMILES string of the molecule is CCOC(=O)c1c(CCCOc2cccc3ccccc23)c2cccc(-c3c(C)nn(C)c3CBr)c2n1CCCNC. The second-order valence-corrected chi connectivity index (χ2v) is 11.0. The molecular formula is C34H39BrN4O3. The fourth-order valence-electron chi connectivity index (χ4n) is 5.97. The summed E-state index contributed by atoms with van der Waals surface area (Å²) < 4.78 is 16.1. The summed E-state index contributed by atoms with van der Waals surface area (Å²) in [4.78, 5) is 13.6. The summed E-state index contributed by atoms with van der Waals surface area (Å²) in [6.45, 7) is 6.30. The molecule has 0 saturated heterocycles. The van der Waals surface area contributed by atoms with Crippen LogP contribution in [0.2, 0.25) is 0 Å². The monoisotopic (exact) mass is 630 g/mol. The Hall–Kier alpha value is -3.62. The first-order chi connectivity index (χ1) is 20.5. The van der Waals surface area contributed by atoms with E-state index in [4.69, 9.17) is 14.6 Å². The maximum absolute atomic E-state index is 13.6. The highest BCUT2D eigenvalue weighted by molar-refractivity contribution is 9.08. The van der Waals surface area contributed by atoms with Gasteiger partial charge in [-0.1, -0.05) is 70.5 Å². The molecule has 3 aromatic carbocycles. The number of nitrogens with one attached hydrogen (secondary N) is 1. The summed E-state index contributed by atoms with van der Waals surface area (Å²) in [5.74, 6) is 0.600. The average Bonchev–Trinajstić information content (AvgIpc) is 3.47. The number of ether oxygens (including phenoxy) is 2. The van der Waals surface area contributed by atoms with Crippen LogP contribution in [-0.2, 0) is 30.1 Å². The number of benzene rings is 3. The van der Waals surface area contributed by atoms with Gasteiger partial charge in [-0.2, -0.15) is 5.10 Å². The molecule has 5 aromatic rings. The number of fused-ring (bicyclic) bond motifs is 2. The summed E-state index contributed by atoms with van der Waals surface area (Å²) in [6, 6.07) is 20.8. The van der Waals surface area contributed by atoms with E-state index in [1.807, 2.05) is 56.9 Å². The highest BCUT2D eigenvalue weighted by atomic mass is 79.9. The number of aryl methyl sites for hydroxylation is 4. The van der Waals surface area contributed by atoms with Crippen molar-refractivity contribution >= 4 is 43.6 Å². The number of rotatable bonds is 13. The van der Waals surface area contributed by atoms with Gasteiger partial charge in [-0.05, 0) is 63.7 Å². The molecule has 0 unspecified atom stereocenters. The van der Waals surface area contributed by atoms with Crippen molar-refractivity contribution in [3.05, 3.63) is 83.3 Å². The first-order valence-electron chi connectivity index (χ1n) is 14.6. The zero-order valence-electron chi connectivity index (χ0n) is 24.9. The fraction of sp³-hybridized carbons (Fsp3) is 0.353. The molecule has 2 aromatic heterocycles. The van der Waals surface area contributed by atoms with Crippen LogP contribution < -0.4 is 10.1 Å². The third-order valence-corrected chi connectivity index (χ3v) is 8.31. The van der Waals surface area contributed by atoms with Gasteiger partial charge in [0.15, 0.2) is 0 Å². The normalized spacial score (nSPS) is 11.5. The Kier molecular flexibility index (Phi) is 9.65. The van der Waals surface area contributed by atoms with Gasteiger partial charge in [0.05, 0.1) is 30.1 Å². The van der Waals surface area contributed by atoms with Crippen molar-refractivity contribution in [1.82, 2.24) is 19.7 Å². The minimum atomic E-state index is -0.280. The molecule has 2 heterocycles. The first kappa shape index (κ1) is 29.9. The van der Waals surface area contributed by atoms with Gasteiger partial charge in [-0.3, -0.25) is 4.68 Å². The summed E-state index contributed by atoms with van der Waals surface area (Å²) in [7, 11) is 3.93. The number of hydrogen-bond acceptors (Lipinski definition) is 5. The van der Waals surface area contributed by atoms with E-state index in [1.165, 1.54) is 0 Å². The number of hydrogen-bond donors (Lipinski definition) is 1. The highest BCUT2D eigenvalue weighted by Gasteiger charge is 2.27. The standard InChI is InChI=1S/C34H39BrN4O3/c1-5-41-34(40)33-27(17-10-21-42-30-18-8-13-24-12-6-7-14-25(24)30)26-15-9-16-28(32(26)39(33)20-11-19-36-3)31-23(2)37-38(4)29(31)22-35/h6-9,12-16,18,36H,5,10-11,17,19-22H2,1-4H3. The fourth-order valence-corrected chi connectivity index (χ4v) is 6.61. The van der Waals surface area contributed by atoms with Crippen molar-refractivity contribution in [2.24, 2.45) is 7.05 Å². The Bertz CT molecular complexity index is 1700. The third-order valence-electron chi connectivity index (χ3n) is 7.78. The molecule has 0 amide bonds. The van der Waals surface area contributed by atoms with Crippen LogP contribution in [0, 0.1) is 6.92 Å². The van der Waals surface area contributed by atoms with Crippen molar-refractivity contribution in [1.29, 1.82) is 0 Å². The van der Waals surface area contributed by atoms with Gasteiger partial charge in [0.1, 0.15) is 11.4 Å². The summed E-state index contributed by atoms with van der Waals surface area (Å²) in [5, 5.41) is 12.0. The second-order valence-electron chi connectivity index (χ2n) is 10.5. The van der Waals surface area contributed by atoms with Gasteiger partial charge in [-0.15, -0.1) is 0 Å². The second kappa shape index (κ2) is 13.6. The van der Waals surface area contributed by atoms with Crippen LogP contribution in [0.25, 0.3) is 32.8 Å². The molecule has 0 saturated carbocycles.